The number of halogens is 1. The molecular formula is C15H13ClN2S. The van der Waals surface area contributed by atoms with Crippen molar-refractivity contribution >= 4 is 38.7 Å². The van der Waals surface area contributed by atoms with Crippen LogP contribution in [0.3, 0.4) is 0 Å². The van der Waals surface area contributed by atoms with Crippen molar-refractivity contribution in [3.05, 3.63) is 58.2 Å². The van der Waals surface area contributed by atoms with E-state index in [0.29, 0.717) is 5.15 Å². The van der Waals surface area contributed by atoms with E-state index in [1.54, 1.807) is 17.5 Å². The van der Waals surface area contributed by atoms with Crippen molar-refractivity contribution in [3.8, 4) is 0 Å². The number of pyridine rings is 1. The maximum Gasteiger partial charge on any atom is 0.152 e. The Morgan fingerprint density at radius 2 is 2.11 bits per heavy atom. The summed E-state index contributed by atoms with van der Waals surface area (Å²) in [6.45, 7) is 2.79. The summed E-state index contributed by atoms with van der Waals surface area (Å²) in [5.41, 5.74) is 3.32. The molecule has 2 nitrogen and oxygen atoms in total. The molecule has 0 aliphatic heterocycles. The van der Waals surface area contributed by atoms with Gasteiger partial charge in [0.1, 0.15) is 0 Å². The Hall–Kier alpha value is -1.58. The quantitative estimate of drug-likeness (QED) is 0.696. The van der Waals surface area contributed by atoms with Gasteiger partial charge in [0.15, 0.2) is 5.15 Å². The first-order valence-electron chi connectivity index (χ1n) is 6.06. The van der Waals surface area contributed by atoms with E-state index in [2.05, 4.69) is 39.9 Å². The summed E-state index contributed by atoms with van der Waals surface area (Å²) in [5, 5.41) is 7.41. The van der Waals surface area contributed by atoms with E-state index in [9.17, 15) is 0 Å². The summed E-state index contributed by atoms with van der Waals surface area (Å²) >= 11 is 7.89. The number of fused-ring (bicyclic) bond motifs is 1. The fourth-order valence-electron chi connectivity index (χ4n) is 2.09. The SMILES string of the molecule is Cc1ccnc(Cl)c1NCc1csc2ccccc12. The molecule has 0 saturated carbocycles. The Balaban J connectivity index is 1.87. The number of hydrogen-bond donors (Lipinski definition) is 1. The Morgan fingerprint density at radius 1 is 1.26 bits per heavy atom. The average molecular weight is 289 g/mol. The third-order valence-corrected chi connectivity index (χ3v) is 4.43. The molecule has 19 heavy (non-hydrogen) atoms. The van der Waals surface area contributed by atoms with Gasteiger partial charge in [-0.15, -0.1) is 11.3 Å². The number of benzene rings is 1. The number of anilines is 1. The zero-order valence-electron chi connectivity index (χ0n) is 10.5. The molecule has 0 aliphatic rings. The maximum absolute atomic E-state index is 6.12. The van der Waals surface area contributed by atoms with Crippen molar-refractivity contribution in [1.82, 2.24) is 4.98 Å². The minimum atomic E-state index is 0.527. The summed E-state index contributed by atoms with van der Waals surface area (Å²) in [5.74, 6) is 0. The minimum Gasteiger partial charge on any atom is -0.378 e. The molecule has 3 rings (SSSR count). The van der Waals surface area contributed by atoms with Crippen LogP contribution in [0.1, 0.15) is 11.1 Å². The van der Waals surface area contributed by atoms with Gasteiger partial charge in [0, 0.05) is 17.4 Å². The van der Waals surface area contributed by atoms with Gasteiger partial charge in [0.2, 0.25) is 0 Å². The molecule has 0 fully saturated rings. The lowest BCUT2D eigenvalue weighted by molar-refractivity contribution is 1.15. The molecule has 0 atom stereocenters. The van der Waals surface area contributed by atoms with Crippen LogP contribution in [0.5, 0.6) is 0 Å². The van der Waals surface area contributed by atoms with Crippen molar-refractivity contribution < 1.29 is 0 Å². The molecule has 4 heteroatoms. The van der Waals surface area contributed by atoms with Crippen molar-refractivity contribution in [2.45, 2.75) is 13.5 Å². The summed E-state index contributed by atoms with van der Waals surface area (Å²) in [4.78, 5) is 4.11. The van der Waals surface area contributed by atoms with Crippen LogP contribution < -0.4 is 5.32 Å². The second-order valence-corrected chi connectivity index (χ2v) is 5.67. The van der Waals surface area contributed by atoms with Gasteiger partial charge in [-0.25, -0.2) is 4.98 Å². The van der Waals surface area contributed by atoms with Crippen molar-refractivity contribution in [2.75, 3.05) is 5.32 Å². The van der Waals surface area contributed by atoms with Gasteiger partial charge in [0.25, 0.3) is 0 Å². The predicted octanol–water partition coefficient (Wildman–Crippen LogP) is 4.87. The number of aryl methyl sites for hydroxylation is 1. The topological polar surface area (TPSA) is 24.9 Å². The molecule has 0 bridgehead atoms. The van der Waals surface area contributed by atoms with E-state index in [1.165, 1.54) is 15.6 Å². The van der Waals surface area contributed by atoms with Gasteiger partial charge < -0.3 is 5.32 Å². The van der Waals surface area contributed by atoms with Crippen LogP contribution in [0.2, 0.25) is 5.15 Å². The number of thiophene rings is 1. The van der Waals surface area contributed by atoms with E-state index < -0.39 is 0 Å². The number of nitrogens with zero attached hydrogens (tertiary/aromatic N) is 1. The molecule has 0 saturated heterocycles. The first kappa shape index (κ1) is 12.5. The number of hydrogen-bond acceptors (Lipinski definition) is 3. The highest BCUT2D eigenvalue weighted by Crippen LogP contribution is 2.28. The van der Waals surface area contributed by atoms with E-state index in [4.69, 9.17) is 11.6 Å². The van der Waals surface area contributed by atoms with E-state index in [-0.39, 0.29) is 0 Å². The van der Waals surface area contributed by atoms with Gasteiger partial charge in [-0.1, -0.05) is 29.8 Å². The number of aromatic nitrogens is 1. The van der Waals surface area contributed by atoms with Crippen LogP contribution in [0.25, 0.3) is 10.1 Å². The maximum atomic E-state index is 6.12. The molecule has 0 amide bonds. The van der Waals surface area contributed by atoms with Crippen molar-refractivity contribution in [1.29, 1.82) is 0 Å². The van der Waals surface area contributed by atoms with Gasteiger partial charge in [0.05, 0.1) is 5.69 Å². The third-order valence-electron chi connectivity index (χ3n) is 3.13. The second-order valence-electron chi connectivity index (χ2n) is 4.40. The predicted molar refractivity (Wildman–Crippen MR) is 83.1 cm³/mol. The van der Waals surface area contributed by atoms with E-state index >= 15 is 0 Å². The van der Waals surface area contributed by atoms with E-state index in [0.717, 1.165) is 17.8 Å². The monoisotopic (exact) mass is 288 g/mol. The molecule has 0 unspecified atom stereocenters. The molecule has 0 aliphatic carbocycles. The highest BCUT2D eigenvalue weighted by Gasteiger charge is 2.07. The summed E-state index contributed by atoms with van der Waals surface area (Å²) in [6, 6.07) is 10.4. The minimum absolute atomic E-state index is 0.527. The first-order chi connectivity index (χ1) is 9.25. The molecule has 0 spiro atoms. The van der Waals surface area contributed by atoms with Crippen LogP contribution in [0, 0.1) is 6.92 Å². The van der Waals surface area contributed by atoms with Crippen LogP contribution in [-0.2, 0) is 6.54 Å². The fraction of sp³-hybridized carbons (Fsp3) is 0.133. The fourth-order valence-corrected chi connectivity index (χ4v) is 3.33. The average Bonchev–Trinajstić information content (AvgIpc) is 2.82. The Bertz CT molecular complexity index is 701. The standard InChI is InChI=1S/C15H13ClN2S/c1-10-6-7-17-15(16)14(10)18-8-11-9-19-13-5-3-2-4-12(11)13/h2-7,9,18H,8H2,1H3. The Kier molecular flexibility index (Phi) is 3.40. The van der Waals surface area contributed by atoms with Gasteiger partial charge in [-0.3, -0.25) is 0 Å². The zero-order valence-corrected chi connectivity index (χ0v) is 12.1. The van der Waals surface area contributed by atoms with Crippen LogP contribution >= 0.6 is 22.9 Å². The van der Waals surface area contributed by atoms with Crippen LogP contribution in [0.4, 0.5) is 5.69 Å². The number of nitrogens with one attached hydrogen (secondary N) is 1. The lowest BCUT2D eigenvalue weighted by atomic mass is 10.1. The normalized spacial score (nSPS) is 10.8. The van der Waals surface area contributed by atoms with Crippen LogP contribution in [-0.4, -0.2) is 4.98 Å². The van der Waals surface area contributed by atoms with Gasteiger partial charge in [-0.05, 0) is 40.9 Å². The zero-order chi connectivity index (χ0) is 13.2. The molecule has 0 radical (unpaired) electrons. The smallest absolute Gasteiger partial charge is 0.152 e. The van der Waals surface area contributed by atoms with Crippen LogP contribution in [0.15, 0.2) is 41.9 Å². The summed E-state index contributed by atoms with van der Waals surface area (Å²) in [7, 11) is 0. The third kappa shape index (κ3) is 2.44. The molecule has 1 aromatic carbocycles. The lowest BCUT2D eigenvalue weighted by Crippen LogP contribution is -2.01. The molecule has 1 N–H and O–H groups in total. The molecule has 96 valence electrons. The largest absolute Gasteiger partial charge is 0.378 e. The Labute approximate surface area is 121 Å². The molecular weight excluding hydrogens is 276 g/mol. The van der Waals surface area contributed by atoms with Crippen molar-refractivity contribution in [2.24, 2.45) is 0 Å². The van der Waals surface area contributed by atoms with Gasteiger partial charge >= 0.3 is 0 Å². The molecule has 2 heterocycles. The van der Waals surface area contributed by atoms with E-state index in [1.807, 2.05) is 13.0 Å². The Morgan fingerprint density at radius 3 is 2.95 bits per heavy atom. The highest BCUT2D eigenvalue weighted by molar-refractivity contribution is 7.17. The summed E-state index contributed by atoms with van der Waals surface area (Å²) in [6.07, 6.45) is 1.73. The summed E-state index contributed by atoms with van der Waals surface area (Å²) < 4.78 is 1.31. The second kappa shape index (κ2) is 5.19. The van der Waals surface area contributed by atoms with Crippen molar-refractivity contribution in [3.63, 3.8) is 0 Å². The molecule has 3 aromatic rings. The molecule has 2 aromatic heterocycles. The first-order valence-corrected chi connectivity index (χ1v) is 7.31. The lowest BCUT2D eigenvalue weighted by Gasteiger charge is -2.10. The number of rotatable bonds is 3. The highest BCUT2D eigenvalue weighted by atomic mass is 35.5. The van der Waals surface area contributed by atoms with Gasteiger partial charge in [-0.2, -0.15) is 0 Å².